The maximum Gasteiger partial charge on any atom is 0.327 e. The van der Waals surface area contributed by atoms with Gasteiger partial charge in [-0.25, -0.2) is 4.79 Å². The van der Waals surface area contributed by atoms with Gasteiger partial charge in [0.1, 0.15) is 12.1 Å². The van der Waals surface area contributed by atoms with Gasteiger partial charge in [-0.3, -0.25) is 9.59 Å². The van der Waals surface area contributed by atoms with Crippen molar-refractivity contribution in [3.63, 3.8) is 0 Å². The number of thioether (sulfide) groups is 1. The third kappa shape index (κ3) is 6.25. The molecule has 7 nitrogen and oxygen atoms in total. The molecule has 0 saturated carbocycles. The average molecular weight is 250 g/mol. The van der Waals surface area contributed by atoms with Gasteiger partial charge in [0.2, 0.25) is 11.8 Å². The number of hydrogen-bond acceptors (Lipinski definition) is 5. The van der Waals surface area contributed by atoms with E-state index in [0.717, 1.165) is 11.8 Å². The highest BCUT2D eigenvalue weighted by Crippen LogP contribution is 2.05. The lowest BCUT2D eigenvalue weighted by molar-refractivity contribution is -0.140. The fraction of sp³-hybridized carbons (Fsp3) is 0.625. The van der Waals surface area contributed by atoms with Gasteiger partial charge in [-0.1, -0.05) is 0 Å². The summed E-state index contributed by atoms with van der Waals surface area (Å²) in [5.74, 6) is -2.43. The SMILES string of the molecule is CC(=O)NC(CSCC(O)C(N)=O)C(=O)O. The Bertz CT molecular complexity index is 284. The van der Waals surface area contributed by atoms with Crippen molar-refractivity contribution < 1.29 is 24.6 Å². The van der Waals surface area contributed by atoms with Crippen LogP contribution >= 0.6 is 11.8 Å². The first kappa shape index (κ1) is 14.7. The van der Waals surface area contributed by atoms with Gasteiger partial charge in [-0.05, 0) is 0 Å². The van der Waals surface area contributed by atoms with Gasteiger partial charge in [-0.2, -0.15) is 11.8 Å². The van der Waals surface area contributed by atoms with Crippen molar-refractivity contribution in [3.8, 4) is 0 Å². The van der Waals surface area contributed by atoms with Crippen LogP contribution in [0, 0.1) is 0 Å². The third-order valence-electron chi connectivity index (χ3n) is 1.56. The predicted octanol–water partition coefficient (Wildman–Crippen LogP) is -1.84. The van der Waals surface area contributed by atoms with Gasteiger partial charge in [0.05, 0.1) is 0 Å². The normalized spacial score (nSPS) is 13.9. The lowest BCUT2D eigenvalue weighted by Crippen LogP contribution is -2.42. The van der Waals surface area contributed by atoms with Crippen LogP contribution in [0.1, 0.15) is 6.92 Å². The highest BCUT2D eigenvalue weighted by atomic mass is 32.2. The molecule has 0 aromatic heterocycles. The van der Waals surface area contributed by atoms with E-state index in [1.54, 1.807) is 0 Å². The van der Waals surface area contributed by atoms with Crippen LogP contribution in [0.5, 0.6) is 0 Å². The number of carboxylic acid groups (broad SMARTS) is 1. The molecule has 0 aliphatic heterocycles. The fourth-order valence-corrected chi connectivity index (χ4v) is 1.78. The maximum atomic E-state index is 10.7. The first-order valence-corrected chi connectivity index (χ1v) is 5.55. The standard InChI is InChI=1S/C8H14N2O5S/c1-4(11)10-5(8(14)15)2-16-3-6(12)7(9)13/h5-6,12H,2-3H2,1H3,(H2,9,13)(H,10,11)(H,14,15). The summed E-state index contributed by atoms with van der Waals surface area (Å²) in [7, 11) is 0. The van der Waals surface area contributed by atoms with Crippen LogP contribution in [0.15, 0.2) is 0 Å². The first-order valence-electron chi connectivity index (χ1n) is 4.39. The number of carbonyl (C=O) groups excluding carboxylic acids is 2. The van der Waals surface area contributed by atoms with Crippen LogP contribution < -0.4 is 11.1 Å². The Morgan fingerprint density at radius 2 is 1.94 bits per heavy atom. The van der Waals surface area contributed by atoms with E-state index in [1.807, 2.05) is 0 Å². The minimum absolute atomic E-state index is 0.00129. The number of nitrogens with two attached hydrogens (primary N) is 1. The molecule has 0 heterocycles. The van der Waals surface area contributed by atoms with Crippen molar-refractivity contribution in [2.75, 3.05) is 11.5 Å². The number of rotatable bonds is 7. The van der Waals surface area contributed by atoms with Crippen LogP contribution in [-0.2, 0) is 14.4 Å². The Labute approximate surface area is 96.4 Å². The van der Waals surface area contributed by atoms with E-state index in [2.05, 4.69) is 5.32 Å². The highest BCUT2D eigenvalue weighted by molar-refractivity contribution is 7.99. The summed E-state index contributed by atoms with van der Waals surface area (Å²) in [6.45, 7) is 1.21. The average Bonchev–Trinajstić information content (AvgIpc) is 2.14. The minimum atomic E-state index is -1.31. The van der Waals surface area contributed by atoms with Crippen LogP contribution in [0.25, 0.3) is 0 Å². The number of carboxylic acids is 1. The number of amides is 2. The highest BCUT2D eigenvalue weighted by Gasteiger charge is 2.19. The number of hydrogen-bond donors (Lipinski definition) is 4. The Kier molecular flexibility index (Phi) is 6.50. The van der Waals surface area contributed by atoms with Gasteiger partial charge < -0.3 is 21.3 Å². The van der Waals surface area contributed by atoms with E-state index >= 15 is 0 Å². The zero-order chi connectivity index (χ0) is 12.7. The zero-order valence-corrected chi connectivity index (χ0v) is 9.49. The summed E-state index contributed by atoms with van der Waals surface area (Å²) in [5.41, 5.74) is 4.81. The second-order valence-corrected chi connectivity index (χ2v) is 4.12. The molecule has 2 atom stereocenters. The maximum absolute atomic E-state index is 10.7. The largest absolute Gasteiger partial charge is 0.480 e. The van der Waals surface area contributed by atoms with Crippen LogP contribution in [0.2, 0.25) is 0 Å². The minimum Gasteiger partial charge on any atom is -0.480 e. The number of nitrogens with one attached hydrogen (secondary N) is 1. The third-order valence-corrected chi connectivity index (χ3v) is 2.68. The Hall–Kier alpha value is -1.28. The van der Waals surface area contributed by atoms with E-state index in [-0.39, 0.29) is 11.5 Å². The monoisotopic (exact) mass is 250 g/mol. The molecule has 2 unspecified atom stereocenters. The Balaban J connectivity index is 3.99. The molecular weight excluding hydrogens is 236 g/mol. The summed E-state index contributed by atoms with van der Waals surface area (Å²) in [4.78, 5) is 31.8. The Morgan fingerprint density at radius 1 is 1.38 bits per heavy atom. The first-order chi connectivity index (χ1) is 7.34. The molecule has 0 aliphatic carbocycles. The summed E-state index contributed by atoms with van der Waals surface area (Å²) in [6.07, 6.45) is -1.31. The van der Waals surface area contributed by atoms with Crippen LogP contribution in [0.4, 0.5) is 0 Å². The Morgan fingerprint density at radius 3 is 2.31 bits per heavy atom. The molecule has 0 fully saturated rings. The van der Waals surface area contributed by atoms with Gasteiger partial charge >= 0.3 is 5.97 Å². The summed E-state index contributed by atoms with van der Waals surface area (Å²) in [6, 6.07) is -1.04. The lowest BCUT2D eigenvalue weighted by Gasteiger charge is -2.13. The van der Waals surface area contributed by atoms with E-state index in [4.69, 9.17) is 15.9 Å². The van der Waals surface area contributed by atoms with Crippen molar-refractivity contribution in [1.29, 1.82) is 0 Å². The summed E-state index contributed by atoms with van der Waals surface area (Å²) >= 11 is 1.02. The van der Waals surface area contributed by atoms with E-state index in [0.29, 0.717) is 0 Å². The summed E-state index contributed by atoms with van der Waals surface area (Å²) < 4.78 is 0. The molecule has 5 N–H and O–H groups in total. The second-order valence-electron chi connectivity index (χ2n) is 3.05. The quantitative estimate of drug-likeness (QED) is 0.420. The molecule has 8 heteroatoms. The topological polar surface area (TPSA) is 130 Å². The molecule has 0 aromatic carbocycles. The predicted molar refractivity (Wildman–Crippen MR) is 57.8 cm³/mol. The molecule has 0 rings (SSSR count). The second kappa shape index (κ2) is 7.07. The molecule has 0 saturated heterocycles. The lowest BCUT2D eigenvalue weighted by atomic mass is 10.3. The van der Waals surface area contributed by atoms with Crippen molar-refractivity contribution in [3.05, 3.63) is 0 Å². The van der Waals surface area contributed by atoms with Crippen molar-refractivity contribution >= 4 is 29.5 Å². The molecule has 0 radical (unpaired) electrons. The van der Waals surface area contributed by atoms with Crippen LogP contribution in [-0.4, -0.2) is 51.6 Å². The van der Waals surface area contributed by atoms with Crippen molar-refractivity contribution in [2.24, 2.45) is 5.73 Å². The zero-order valence-electron chi connectivity index (χ0n) is 8.67. The molecular formula is C8H14N2O5S. The molecule has 0 aromatic rings. The number of aliphatic hydroxyl groups excluding tert-OH is 1. The van der Waals surface area contributed by atoms with Gasteiger partial charge in [-0.15, -0.1) is 0 Å². The van der Waals surface area contributed by atoms with Gasteiger partial charge in [0, 0.05) is 18.4 Å². The molecule has 0 spiro atoms. The molecule has 0 aliphatic rings. The van der Waals surface area contributed by atoms with Gasteiger partial charge in [0.25, 0.3) is 0 Å². The number of aliphatic hydroxyl groups is 1. The van der Waals surface area contributed by atoms with Crippen molar-refractivity contribution in [2.45, 2.75) is 19.1 Å². The number of primary amides is 1. The number of aliphatic carboxylic acids is 1. The van der Waals surface area contributed by atoms with Crippen molar-refractivity contribution in [1.82, 2.24) is 5.32 Å². The smallest absolute Gasteiger partial charge is 0.327 e. The molecule has 0 bridgehead atoms. The molecule has 2 amide bonds. The molecule has 92 valence electrons. The van der Waals surface area contributed by atoms with E-state index in [9.17, 15) is 14.4 Å². The molecule has 16 heavy (non-hydrogen) atoms. The van der Waals surface area contributed by atoms with E-state index in [1.165, 1.54) is 6.92 Å². The fourth-order valence-electron chi connectivity index (χ4n) is 0.800. The summed E-state index contributed by atoms with van der Waals surface area (Å²) in [5, 5.41) is 20.0. The van der Waals surface area contributed by atoms with E-state index < -0.39 is 29.9 Å². The number of carbonyl (C=O) groups is 3. The van der Waals surface area contributed by atoms with Gasteiger partial charge in [0.15, 0.2) is 0 Å². The van der Waals surface area contributed by atoms with Crippen LogP contribution in [0.3, 0.4) is 0 Å².